The second-order valence-corrected chi connectivity index (χ2v) is 11.6. The molecule has 0 saturated heterocycles. The molecular formula is C38H25N4OPt. The van der Waals surface area contributed by atoms with Crippen molar-refractivity contribution in [2.24, 2.45) is 0 Å². The molecule has 0 fully saturated rings. The molecule has 3 aromatic heterocycles. The molecule has 0 aliphatic heterocycles. The zero-order valence-corrected chi connectivity index (χ0v) is 25.7. The summed E-state index contributed by atoms with van der Waals surface area (Å²) in [6, 6.07) is 45.7. The summed E-state index contributed by atoms with van der Waals surface area (Å²) in [5, 5.41) is 7.02. The summed E-state index contributed by atoms with van der Waals surface area (Å²) in [7, 11) is 0. The van der Waals surface area contributed by atoms with Crippen LogP contribution in [0.3, 0.4) is 0 Å². The first-order valence-electron chi connectivity index (χ1n) is 14.3. The van der Waals surface area contributed by atoms with Gasteiger partial charge < -0.3 is 0 Å². The van der Waals surface area contributed by atoms with E-state index in [1.54, 1.807) is 0 Å². The molecule has 0 aliphatic rings. The van der Waals surface area contributed by atoms with E-state index in [1.165, 1.54) is 21.9 Å². The quantitative estimate of drug-likeness (QED) is 0.171. The molecule has 0 unspecified atom stereocenters. The van der Waals surface area contributed by atoms with E-state index in [0.717, 1.165) is 49.1 Å². The third-order valence-corrected chi connectivity index (χ3v) is 8.90. The SMILES string of the molecule is [Pt][c]1c(Oc2cccc(-n3cc(-c4ccc(-c5ccccc5)cc4)cn3)c2)ccc2c3ccccc3n(-c3ccccn3)c12. The molecule has 8 aromatic rings. The maximum atomic E-state index is 6.53. The molecule has 0 atom stereocenters. The van der Waals surface area contributed by atoms with E-state index in [2.05, 4.69) is 126 Å². The molecule has 6 heteroatoms. The van der Waals surface area contributed by atoms with Gasteiger partial charge in [-0.1, -0.05) is 30.3 Å². The summed E-state index contributed by atoms with van der Waals surface area (Å²) >= 11 is 2.38. The maximum absolute atomic E-state index is 6.53. The van der Waals surface area contributed by atoms with Crippen molar-refractivity contribution in [2.45, 2.75) is 0 Å². The first-order chi connectivity index (χ1) is 21.7. The molecule has 5 aromatic carbocycles. The molecule has 213 valence electrons. The number of ether oxygens (including phenoxy) is 1. The van der Waals surface area contributed by atoms with Crippen LogP contribution in [0.5, 0.6) is 11.5 Å². The fourth-order valence-electron chi connectivity index (χ4n) is 5.69. The van der Waals surface area contributed by atoms with Crippen molar-refractivity contribution >= 4 is 25.8 Å². The third-order valence-electron chi connectivity index (χ3n) is 7.81. The van der Waals surface area contributed by atoms with Crippen LogP contribution in [0.25, 0.3) is 55.6 Å². The van der Waals surface area contributed by atoms with Crippen molar-refractivity contribution in [3.63, 3.8) is 0 Å². The molecule has 5 nitrogen and oxygen atoms in total. The zero-order valence-electron chi connectivity index (χ0n) is 23.4. The second-order valence-electron chi connectivity index (χ2n) is 10.5. The Kier molecular flexibility index (Phi) is 6.66. The monoisotopic (exact) mass is 748 g/mol. The molecule has 0 amide bonds. The van der Waals surface area contributed by atoms with Crippen LogP contribution in [0.2, 0.25) is 0 Å². The number of rotatable bonds is 6. The average molecular weight is 749 g/mol. The van der Waals surface area contributed by atoms with Crippen LogP contribution in [-0.2, 0) is 19.8 Å². The van der Waals surface area contributed by atoms with Crippen LogP contribution in [0.15, 0.2) is 152 Å². The predicted molar refractivity (Wildman–Crippen MR) is 173 cm³/mol. The van der Waals surface area contributed by atoms with Gasteiger partial charge in [0.15, 0.2) is 0 Å². The number of aromatic nitrogens is 4. The van der Waals surface area contributed by atoms with E-state index in [-0.39, 0.29) is 0 Å². The first-order valence-corrected chi connectivity index (χ1v) is 15.5. The van der Waals surface area contributed by atoms with Crippen molar-refractivity contribution in [1.82, 2.24) is 19.3 Å². The Balaban J connectivity index is 1.11. The van der Waals surface area contributed by atoms with Crippen LogP contribution >= 0.6 is 0 Å². The van der Waals surface area contributed by atoms with Crippen molar-refractivity contribution in [3.05, 3.63) is 152 Å². The fourth-order valence-corrected chi connectivity index (χ4v) is 6.56. The van der Waals surface area contributed by atoms with Crippen LogP contribution < -0.4 is 8.69 Å². The third kappa shape index (κ3) is 4.72. The minimum absolute atomic E-state index is 0.741. The van der Waals surface area contributed by atoms with Gasteiger partial charge in [-0.2, -0.15) is 0 Å². The Bertz CT molecular complexity index is 2260. The standard InChI is InChI=1S/C38H25N4O.Pt/c1-2-9-27(10-3-1)28-16-18-29(19-17-28)30-25-40-41(26-30)31-11-8-12-32(23-31)43-33-20-21-35-34-13-4-5-14-36(34)42(37(35)24-33)38-15-6-7-22-39-38;/h1-23,25-26H;. The van der Waals surface area contributed by atoms with E-state index in [0.29, 0.717) is 0 Å². The van der Waals surface area contributed by atoms with Gasteiger partial charge in [-0.3, -0.25) is 0 Å². The van der Waals surface area contributed by atoms with Crippen molar-refractivity contribution in [1.29, 1.82) is 0 Å². The molecule has 44 heavy (non-hydrogen) atoms. The number of pyridine rings is 1. The molecule has 0 bridgehead atoms. The number of nitrogens with zero attached hydrogens (tertiary/aromatic N) is 4. The summed E-state index contributed by atoms with van der Waals surface area (Å²) in [5.41, 5.74) is 7.69. The number of hydrogen-bond donors (Lipinski definition) is 0. The number of fused-ring (bicyclic) bond motifs is 3. The Labute approximate surface area is 265 Å². The Morgan fingerprint density at radius 1 is 0.614 bits per heavy atom. The Morgan fingerprint density at radius 3 is 2.18 bits per heavy atom. The summed E-state index contributed by atoms with van der Waals surface area (Å²) in [4.78, 5) is 4.67. The molecule has 0 radical (unpaired) electrons. The Hall–Kier alpha value is -5.25. The summed E-state index contributed by atoms with van der Waals surface area (Å²) in [6.45, 7) is 0. The average Bonchev–Trinajstić information content (AvgIpc) is 3.71. The molecular weight excluding hydrogens is 724 g/mol. The van der Waals surface area contributed by atoms with Crippen LogP contribution in [0, 0.1) is 0 Å². The summed E-state index contributed by atoms with van der Waals surface area (Å²) in [5.74, 6) is 2.40. The molecule has 3 heterocycles. The predicted octanol–water partition coefficient (Wildman–Crippen LogP) is 8.66. The van der Waals surface area contributed by atoms with Gasteiger partial charge in [-0.25, -0.2) is 0 Å². The second kappa shape index (κ2) is 11.1. The van der Waals surface area contributed by atoms with Gasteiger partial charge in [0.2, 0.25) is 0 Å². The normalized spacial score (nSPS) is 11.3. The van der Waals surface area contributed by atoms with Gasteiger partial charge in [-0.15, -0.1) is 0 Å². The molecule has 0 aliphatic carbocycles. The van der Waals surface area contributed by atoms with Gasteiger partial charge in [0.1, 0.15) is 0 Å². The van der Waals surface area contributed by atoms with E-state index < -0.39 is 0 Å². The Morgan fingerprint density at radius 2 is 1.36 bits per heavy atom. The van der Waals surface area contributed by atoms with E-state index in [4.69, 9.17) is 4.74 Å². The molecule has 0 N–H and O–H groups in total. The van der Waals surface area contributed by atoms with Crippen LogP contribution in [0.4, 0.5) is 0 Å². The summed E-state index contributed by atoms with van der Waals surface area (Å²) in [6.07, 6.45) is 5.78. The molecule has 8 rings (SSSR count). The van der Waals surface area contributed by atoms with Gasteiger partial charge in [0.25, 0.3) is 0 Å². The number of hydrogen-bond acceptors (Lipinski definition) is 3. The molecule has 0 spiro atoms. The summed E-state index contributed by atoms with van der Waals surface area (Å²) < 4.78 is 11.7. The van der Waals surface area contributed by atoms with Crippen LogP contribution in [0.1, 0.15) is 0 Å². The van der Waals surface area contributed by atoms with E-state index in [9.17, 15) is 0 Å². The van der Waals surface area contributed by atoms with Gasteiger partial charge in [-0.05, 0) is 11.1 Å². The topological polar surface area (TPSA) is 44.9 Å². The zero-order chi connectivity index (χ0) is 29.5. The number of para-hydroxylation sites is 1. The van der Waals surface area contributed by atoms with Crippen molar-refractivity contribution < 1.29 is 24.6 Å². The minimum atomic E-state index is 0.741. The van der Waals surface area contributed by atoms with Gasteiger partial charge >= 0.3 is 225 Å². The van der Waals surface area contributed by atoms with Gasteiger partial charge in [0.05, 0.1) is 0 Å². The number of benzene rings is 5. The van der Waals surface area contributed by atoms with E-state index in [1.807, 2.05) is 65.6 Å². The van der Waals surface area contributed by atoms with Gasteiger partial charge in [0, 0.05) is 0 Å². The van der Waals surface area contributed by atoms with Crippen molar-refractivity contribution in [2.75, 3.05) is 0 Å². The first kappa shape index (κ1) is 26.4. The van der Waals surface area contributed by atoms with Crippen molar-refractivity contribution in [3.8, 4) is 45.3 Å². The molecule has 0 saturated carbocycles. The van der Waals surface area contributed by atoms with Crippen LogP contribution in [-0.4, -0.2) is 19.3 Å². The van der Waals surface area contributed by atoms with E-state index >= 15 is 0 Å². The fraction of sp³-hybridized carbons (Fsp3) is 0.